The summed E-state index contributed by atoms with van der Waals surface area (Å²) in [5, 5.41) is 17.2. The summed E-state index contributed by atoms with van der Waals surface area (Å²) in [6.07, 6.45) is 5.76. The number of halogens is 1. The number of nitrogens with zero attached hydrogens (tertiary/aromatic N) is 7. The van der Waals surface area contributed by atoms with Crippen LogP contribution in [0.2, 0.25) is 5.02 Å². The van der Waals surface area contributed by atoms with Gasteiger partial charge in [0.05, 0.1) is 22.3 Å². The zero-order valence-corrected chi connectivity index (χ0v) is 29.9. The molecule has 258 valence electrons. The molecule has 8 rings (SSSR count). The van der Waals surface area contributed by atoms with Crippen LogP contribution in [0.3, 0.4) is 0 Å². The molecule has 0 bridgehead atoms. The van der Waals surface area contributed by atoms with E-state index in [0.717, 1.165) is 67.0 Å². The van der Waals surface area contributed by atoms with E-state index in [9.17, 15) is 14.4 Å². The van der Waals surface area contributed by atoms with Gasteiger partial charge in [0.15, 0.2) is 5.82 Å². The molecule has 13 heteroatoms. The average molecular weight is 727 g/mol. The van der Waals surface area contributed by atoms with E-state index in [1.165, 1.54) is 0 Å². The van der Waals surface area contributed by atoms with Gasteiger partial charge in [-0.3, -0.25) is 33.9 Å². The van der Waals surface area contributed by atoms with Crippen molar-refractivity contribution in [1.82, 2.24) is 34.8 Å². The highest BCUT2D eigenvalue weighted by atomic mass is 35.5. The molecule has 1 atom stereocenters. The molecule has 1 fully saturated rings. The molecule has 2 aromatic carbocycles. The molecule has 1 N–H and O–H groups in total. The van der Waals surface area contributed by atoms with Crippen LogP contribution >= 0.6 is 22.9 Å². The van der Waals surface area contributed by atoms with Gasteiger partial charge < -0.3 is 4.90 Å². The molecule has 5 aromatic rings. The molecule has 1 saturated heterocycles. The highest BCUT2D eigenvalue weighted by Crippen LogP contribution is 2.36. The van der Waals surface area contributed by atoms with E-state index in [-0.39, 0.29) is 18.2 Å². The zero-order valence-electron chi connectivity index (χ0n) is 28.4. The minimum Gasteiger partial charge on any atom is -0.322 e. The van der Waals surface area contributed by atoms with Crippen LogP contribution in [0.25, 0.3) is 5.00 Å². The molecule has 6 heterocycles. The SMILES string of the molecule is Cc1c(C#Cc2cnn(CCCC#Cc3ccc4c(c3)CN(C3CCC(=O)NC3=O)C4=O)c2)sc2c1C(c1ccc(Cl)cc1)=NCc1nnc(C)n1-2. The van der Waals surface area contributed by atoms with Crippen LogP contribution in [0.1, 0.15) is 85.9 Å². The van der Waals surface area contributed by atoms with Gasteiger partial charge in [-0.1, -0.05) is 47.4 Å². The van der Waals surface area contributed by atoms with Crippen LogP contribution in [0.4, 0.5) is 0 Å². The fraction of sp³-hybridized carbons (Fsp3) is 0.256. The number of piperidine rings is 1. The molecule has 52 heavy (non-hydrogen) atoms. The third-order valence-corrected chi connectivity index (χ3v) is 10.8. The van der Waals surface area contributed by atoms with E-state index < -0.39 is 11.9 Å². The third-order valence-electron chi connectivity index (χ3n) is 9.36. The Labute approximate surface area is 308 Å². The van der Waals surface area contributed by atoms with E-state index in [1.807, 2.05) is 54.2 Å². The maximum absolute atomic E-state index is 13.0. The van der Waals surface area contributed by atoms with Crippen molar-refractivity contribution in [3.05, 3.63) is 115 Å². The lowest BCUT2D eigenvalue weighted by Gasteiger charge is -2.29. The fourth-order valence-electron chi connectivity index (χ4n) is 6.72. The molecule has 0 saturated carbocycles. The highest BCUT2D eigenvalue weighted by molar-refractivity contribution is 7.15. The predicted molar refractivity (Wildman–Crippen MR) is 196 cm³/mol. The highest BCUT2D eigenvalue weighted by Gasteiger charge is 2.39. The van der Waals surface area contributed by atoms with Gasteiger partial charge in [-0.15, -0.1) is 21.5 Å². The Kier molecular flexibility index (Phi) is 8.79. The van der Waals surface area contributed by atoms with Crippen LogP contribution in [-0.4, -0.2) is 58.9 Å². The van der Waals surface area contributed by atoms with Crippen molar-refractivity contribution in [3.63, 3.8) is 0 Å². The number of benzene rings is 2. The Balaban J connectivity index is 0.919. The van der Waals surface area contributed by atoms with Crippen LogP contribution in [-0.2, 0) is 29.2 Å². The van der Waals surface area contributed by atoms with Gasteiger partial charge in [0.1, 0.15) is 23.4 Å². The van der Waals surface area contributed by atoms with Gasteiger partial charge in [-0.25, -0.2) is 0 Å². The molecule has 3 aromatic heterocycles. The first-order valence-electron chi connectivity index (χ1n) is 16.9. The number of hydrogen-bond donors (Lipinski definition) is 1. The first kappa shape index (κ1) is 33.3. The van der Waals surface area contributed by atoms with Gasteiger partial charge in [-0.05, 0) is 68.1 Å². The number of hydrogen-bond acceptors (Lipinski definition) is 8. The Morgan fingerprint density at radius 1 is 1.02 bits per heavy atom. The largest absolute Gasteiger partial charge is 0.322 e. The number of amides is 3. The van der Waals surface area contributed by atoms with Crippen molar-refractivity contribution < 1.29 is 14.4 Å². The zero-order chi connectivity index (χ0) is 35.9. The van der Waals surface area contributed by atoms with Gasteiger partial charge >= 0.3 is 0 Å². The number of imide groups is 1. The van der Waals surface area contributed by atoms with Crippen LogP contribution in [0, 0.1) is 37.5 Å². The number of rotatable bonds is 5. The number of aryl methyl sites for hydroxylation is 2. The minimum atomic E-state index is -0.631. The fourth-order valence-corrected chi connectivity index (χ4v) is 8.08. The number of carbonyl (C=O) groups excluding carboxylic acids is 3. The standard InChI is InChI=1S/C39H31ClN8O3S/c1-23-32(52-39-35(23)36(27-9-11-29(40)12-10-27)41-20-33-45-44-24(2)48(33)39)15-8-26-19-42-46(21-26)17-5-3-4-6-25-7-13-30-28(18-25)22-47(38(30)51)31-14-16-34(49)43-37(31)50/h7,9-13,18-19,21,31H,3,5,14,16-17,20,22H2,1-2H3,(H,43,49,50). The van der Waals surface area contributed by atoms with Crippen molar-refractivity contribution in [1.29, 1.82) is 0 Å². The maximum atomic E-state index is 13.0. The van der Waals surface area contributed by atoms with Crippen LogP contribution in [0.15, 0.2) is 59.9 Å². The summed E-state index contributed by atoms with van der Waals surface area (Å²) >= 11 is 7.80. The summed E-state index contributed by atoms with van der Waals surface area (Å²) in [5.74, 6) is 13.8. The molecule has 11 nitrogen and oxygen atoms in total. The molecular formula is C39H31ClN8O3S. The monoisotopic (exact) mass is 726 g/mol. The lowest BCUT2D eigenvalue weighted by molar-refractivity contribution is -0.136. The first-order chi connectivity index (χ1) is 25.2. The van der Waals surface area contributed by atoms with Crippen molar-refractivity contribution in [2.24, 2.45) is 4.99 Å². The molecule has 3 aliphatic heterocycles. The number of nitrogens with one attached hydrogen (secondary N) is 1. The second kappa shape index (κ2) is 13.7. The normalized spacial score (nSPS) is 16.1. The lowest BCUT2D eigenvalue weighted by Crippen LogP contribution is -2.52. The number of aromatic nitrogens is 5. The molecule has 0 radical (unpaired) electrons. The number of aliphatic imine (C=N–C) groups is 1. The van der Waals surface area contributed by atoms with Crippen LogP contribution in [0.5, 0.6) is 0 Å². The number of thiophene rings is 1. The average Bonchev–Trinajstić information content (AvgIpc) is 3.87. The number of carbonyl (C=O) groups is 3. The van der Waals surface area contributed by atoms with Gasteiger partial charge in [0.25, 0.3) is 5.91 Å². The van der Waals surface area contributed by atoms with Crippen molar-refractivity contribution in [2.45, 2.75) is 65.2 Å². The summed E-state index contributed by atoms with van der Waals surface area (Å²) in [4.78, 5) is 44.3. The molecule has 0 aliphatic carbocycles. The third kappa shape index (κ3) is 6.32. The molecule has 0 spiro atoms. The van der Waals surface area contributed by atoms with E-state index in [4.69, 9.17) is 16.6 Å². The van der Waals surface area contributed by atoms with Gasteiger partial charge in [0, 0.05) is 59.4 Å². The molecule has 3 amide bonds. The Hall–Kier alpha value is -5.82. The van der Waals surface area contributed by atoms with Crippen molar-refractivity contribution >= 4 is 46.4 Å². The minimum absolute atomic E-state index is 0.189. The smallest absolute Gasteiger partial charge is 0.255 e. The van der Waals surface area contributed by atoms with Gasteiger partial charge in [-0.2, -0.15) is 5.10 Å². The second-order valence-electron chi connectivity index (χ2n) is 12.8. The summed E-state index contributed by atoms with van der Waals surface area (Å²) in [7, 11) is 0. The predicted octanol–water partition coefficient (Wildman–Crippen LogP) is 5.14. The maximum Gasteiger partial charge on any atom is 0.255 e. The molecular weight excluding hydrogens is 696 g/mol. The summed E-state index contributed by atoms with van der Waals surface area (Å²) in [6, 6.07) is 12.6. The lowest BCUT2D eigenvalue weighted by atomic mass is 10.00. The number of unbranched alkanes of at least 4 members (excludes halogenated alkanes) is 1. The van der Waals surface area contributed by atoms with E-state index in [2.05, 4.69) is 55.8 Å². The van der Waals surface area contributed by atoms with E-state index in [0.29, 0.717) is 43.1 Å². The quantitative estimate of drug-likeness (QED) is 0.152. The van der Waals surface area contributed by atoms with Crippen molar-refractivity contribution in [2.75, 3.05) is 0 Å². The topological polar surface area (TPSA) is 127 Å². The second-order valence-corrected chi connectivity index (χ2v) is 14.3. The Bertz CT molecular complexity index is 2450. The van der Waals surface area contributed by atoms with Crippen molar-refractivity contribution in [3.8, 4) is 28.7 Å². The molecule has 3 aliphatic rings. The van der Waals surface area contributed by atoms with Crippen LogP contribution < -0.4 is 5.32 Å². The van der Waals surface area contributed by atoms with E-state index in [1.54, 1.807) is 28.5 Å². The van der Waals surface area contributed by atoms with Gasteiger partial charge in [0.2, 0.25) is 11.8 Å². The first-order valence-corrected chi connectivity index (χ1v) is 18.1. The van der Waals surface area contributed by atoms with E-state index >= 15 is 0 Å². The summed E-state index contributed by atoms with van der Waals surface area (Å²) < 4.78 is 3.96. The molecule has 1 unspecified atom stereocenters. The number of fused-ring (bicyclic) bond motifs is 4. The summed E-state index contributed by atoms with van der Waals surface area (Å²) in [5.41, 5.74) is 7.00. The summed E-state index contributed by atoms with van der Waals surface area (Å²) in [6.45, 7) is 5.48. The Morgan fingerprint density at radius 3 is 2.69 bits per heavy atom. The Morgan fingerprint density at radius 2 is 1.87 bits per heavy atom.